The van der Waals surface area contributed by atoms with Gasteiger partial charge in [-0.2, -0.15) is 0 Å². The number of ether oxygens (including phenoxy) is 2. The zero-order valence-corrected chi connectivity index (χ0v) is 18.4. The first-order valence-corrected chi connectivity index (χ1v) is 12.7. The van der Waals surface area contributed by atoms with Crippen molar-refractivity contribution in [3.8, 4) is 11.5 Å². The minimum absolute atomic E-state index is 0.404. The molecular formula is C23H33O3P. The van der Waals surface area contributed by atoms with Crippen molar-refractivity contribution >= 4 is 6.83 Å². The van der Waals surface area contributed by atoms with Crippen molar-refractivity contribution in [1.29, 1.82) is 0 Å². The molecule has 0 saturated carbocycles. The van der Waals surface area contributed by atoms with Gasteiger partial charge in [0.05, 0.1) is 0 Å². The molecule has 3 nitrogen and oxygen atoms in total. The Morgan fingerprint density at radius 1 is 0.778 bits per heavy atom. The molecule has 0 radical (unpaired) electrons. The van der Waals surface area contributed by atoms with Crippen molar-refractivity contribution in [2.45, 2.75) is 39.0 Å². The van der Waals surface area contributed by atoms with E-state index in [1.165, 1.54) is 11.1 Å². The van der Waals surface area contributed by atoms with Crippen molar-refractivity contribution in [2.24, 2.45) is 0 Å². The average Bonchev–Trinajstić information content (AvgIpc) is 2.75. The van der Waals surface area contributed by atoms with Crippen LogP contribution in [0.1, 0.15) is 38.8 Å². The number of benzene rings is 2. The van der Waals surface area contributed by atoms with Gasteiger partial charge in [-0.05, 0) is 0 Å². The molecule has 148 valence electrons. The second-order valence-corrected chi connectivity index (χ2v) is 13.9. The zero-order valence-electron chi connectivity index (χ0n) is 17.5. The Morgan fingerprint density at radius 2 is 1.15 bits per heavy atom. The van der Waals surface area contributed by atoms with Crippen molar-refractivity contribution in [1.82, 2.24) is 0 Å². The summed E-state index contributed by atoms with van der Waals surface area (Å²) >= 11 is 0. The third kappa shape index (κ3) is 2.70. The van der Waals surface area contributed by atoms with E-state index in [0.717, 1.165) is 30.0 Å². The monoisotopic (exact) mass is 388 g/mol. The molecule has 1 aliphatic rings. The van der Waals surface area contributed by atoms with Crippen molar-refractivity contribution in [3.63, 3.8) is 0 Å². The summed E-state index contributed by atoms with van der Waals surface area (Å²) < 4.78 is 18.0. The molecule has 1 saturated heterocycles. The van der Waals surface area contributed by atoms with Gasteiger partial charge < -0.3 is 0 Å². The van der Waals surface area contributed by atoms with E-state index in [-0.39, 0.29) is 0 Å². The van der Waals surface area contributed by atoms with E-state index in [1.54, 1.807) is 14.2 Å². The van der Waals surface area contributed by atoms with Gasteiger partial charge in [0.1, 0.15) is 0 Å². The van der Waals surface area contributed by atoms with Gasteiger partial charge in [0.25, 0.3) is 0 Å². The maximum absolute atomic E-state index is 7.23. The Morgan fingerprint density at radius 3 is 1.41 bits per heavy atom. The molecule has 0 spiro atoms. The summed E-state index contributed by atoms with van der Waals surface area (Å²) in [6.45, 7) is 7.13. The van der Waals surface area contributed by atoms with Gasteiger partial charge in [0.15, 0.2) is 0 Å². The predicted molar refractivity (Wildman–Crippen MR) is 116 cm³/mol. The molecule has 0 bridgehead atoms. The molecule has 1 fully saturated rings. The number of hydrogen-bond acceptors (Lipinski definition) is 3. The summed E-state index contributed by atoms with van der Waals surface area (Å²) in [4.78, 5) is 0. The molecule has 3 rings (SSSR count). The molecule has 4 heteroatoms. The first kappa shape index (κ1) is 20.2. The topological polar surface area (TPSA) is 27.7 Å². The van der Waals surface area contributed by atoms with E-state index in [2.05, 4.69) is 52.0 Å². The van der Waals surface area contributed by atoms with Gasteiger partial charge in [0.2, 0.25) is 0 Å². The van der Waals surface area contributed by atoms with Crippen LogP contribution in [0.2, 0.25) is 0 Å². The van der Waals surface area contributed by atoms with Crippen LogP contribution in [0.5, 0.6) is 11.5 Å². The van der Waals surface area contributed by atoms with Gasteiger partial charge >= 0.3 is 164 Å². The third-order valence-corrected chi connectivity index (χ3v) is 14.9. The fourth-order valence-corrected chi connectivity index (χ4v) is 10.9. The second kappa shape index (κ2) is 7.11. The quantitative estimate of drug-likeness (QED) is 0.553. The Hall–Kier alpha value is -1.57. The van der Waals surface area contributed by atoms with Gasteiger partial charge in [0, 0.05) is 0 Å². The van der Waals surface area contributed by atoms with E-state index < -0.39 is 12.4 Å². The zero-order chi connectivity index (χ0) is 19.7. The Labute approximate surface area is 164 Å². The number of rotatable bonds is 7. The van der Waals surface area contributed by atoms with Crippen LogP contribution >= 0.6 is 6.83 Å². The van der Waals surface area contributed by atoms with Gasteiger partial charge in [-0.3, -0.25) is 0 Å². The molecule has 2 aromatic rings. The van der Waals surface area contributed by atoms with Crippen LogP contribution in [0.25, 0.3) is 0 Å². The van der Waals surface area contributed by atoms with Crippen LogP contribution in [0.4, 0.5) is 0 Å². The maximum atomic E-state index is 7.23. The number of methoxy groups -OCH3 is 2. The normalized spacial score (nSPS) is 23.5. The summed E-state index contributed by atoms with van der Waals surface area (Å²) in [5, 5.41) is 0. The Bertz CT molecular complexity index is 720. The van der Waals surface area contributed by atoms with E-state index >= 15 is 0 Å². The van der Waals surface area contributed by atoms with E-state index in [1.807, 2.05) is 24.3 Å². The van der Waals surface area contributed by atoms with Crippen molar-refractivity contribution in [2.75, 3.05) is 32.7 Å². The van der Waals surface area contributed by atoms with E-state index in [9.17, 15) is 0 Å². The number of hydrogen-bond donors (Lipinski definition) is 0. The summed E-state index contributed by atoms with van der Waals surface area (Å²) in [5.74, 6) is 1.74. The molecular weight excluding hydrogens is 355 g/mol. The summed E-state index contributed by atoms with van der Waals surface area (Å²) in [5.41, 5.74) is 2.47. The van der Waals surface area contributed by atoms with Crippen LogP contribution in [-0.4, -0.2) is 38.4 Å². The Kier molecular flexibility index (Phi) is 5.31. The van der Waals surface area contributed by atoms with Crippen LogP contribution in [-0.2, 0) is 10.1 Å². The first-order valence-electron chi connectivity index (χ1n) is 9.95. The summed E-state index contributed by atoms with van der Waals surface area (Å²) in [6, 6.07) is 16.8. The molecule has 2 aromatic carbocycles. The third-order valence-electron chi connectivity index (χ3n) is 7.27. The molecule has 0 aliphatic carbocycles. The van der Waals surface area contributed by atoms with Gasteiger partial charge in [-0.15, -0.1) is 0 Å². The SMILES string of the molecule is CCP1(CC)(CC)OC(c2ccc(OC)cc2)(c2ccc(OC)cc2)[C@H]1C. The van der Waals surface area contributed by atoms with E-state index in [0.29, 0.717) is 5.66 Å². The molecule has 1 atom stereocenters. The summed E-state index contributed by atoms with van der Waals surface area (Å²) in [6.07, 6.45) is 3.40. The van der Waals surface area contributed by atoms with Crippen molar-refractivity contribution in [3.05, 3.63) is 59.7 Å². The Balaban J connectivity index is 2.16. The van der Waals surface area contributed by atoms with Crippen LogP contribution < -0.4 is 9.47 Å². The minimum atomic E-state index is -2.21. The molecule has 1 aliphatic heterocycles. The molecule has 0 aromatic heterocycles. The van der Waals surface area contributed by atoms with Crippen LogP contribution in [0.15, 0.2) is 48.5 Å². The van der Waals surface area contributed by atoms with Crippen LogP contribution in [0, 0.1) is 0 Å². The fraction of sp³-hybridized carbons (Fsp3) is 0.478. The van der Waals surface area contributed by atoms with Crippen LogP contribution in [0.3, 0.4) is 0 Å². The fourth-order valence-electron chi connectivity index (χ4n) is 5.07. The predicted octanol–water partition coefficient (Wildman–Crippen LogP) is 5.89. The first-order chi connectivity index (χ1) is 12.9. The average molecular weight is 388 g/mol. The summed E-state index contributed by atoms with van der Waals surface area (Å²) in [7, 11) is 3.41. The second-order valence-electron chi connectivity index (χ2n) is 7.62. The standard InChI is InChI=1S/C23H33O3P/c1-7-27(8-2,9-3)18(4)23(26-27,19-10-14-21(24-5)15-11-19)20-12-16-22(25-6)17-13-20/h10-18H,7-9H2,1-6H3/t18-/m1/s1. The molecule has 0 amide bonds. The molecule has 27 heavy (non-hydrogen) atoms. The van der Waals surface area contributed by atoms with Gasteiger partial charge in [-0.25, -0.2) is 0 Å². The van der Waals surface area contributed by atoms with Crippen molar-refractivity contribution < 1.29 is 14.0 Å². The van der Waals surface area contributed by atoms with E-state index in [4.69, 9.17) is 14.0 Å². The molecule has 0 unspecified atom stereocenters. The van der Waals surface area contributed by atoms with Gasteiger partial charge in [-0.1, -0.05) is 0 Å². The molecule has 1 heterocycles. The molecule has 0 N–H and O–H groups in total.